The molecule has 2 nitrogen and oxygen atoms in total. The third-order valence-electron chi connectivity index (χ3n) is 4.92. The van der Waals surface area contributed by atoms with Crippen LogP contribution in [0.25, 0.3) is 0 Å². The zero-order valence-corrected chi connectivity index (χ0v) is 13.8. The van der Waals surface area contributed by atoms with Crippen LogP contribution in [-0.2, 0) is 6.54 Å². The molecule has 0 spiro atoms. The predicted molar refractivity (Wildman–Crippen MR) is 85.7 cm³/mol. The van der Waals surface area contributed by atoms with E-state index in [1.807, 2.05) is 6.07 Å². The largest absolute Gasteiger partial charge is 0.506 e. The first-order valence-corrected chi connectivity index (χ1v) is 8.14. The lowest BCUT2D eigenvalue weighted by Gasteiger charge is -2.41. The van der Waals surface area contributed by atoms with E-state index < -0.39 is 0 Å². The summed E-state index contributed by atoms with van der Waals surface area (Å²) in [5.74, 6) is 0.166. The molecule has 0 aliphatic carbocycles. The first-order valence-electron chi connectivity index (χ1n) is 7.39. The van der Waals surface area contributed by atoms with Gasteiger partial charge in [-0.05, 0) is 43.5 Å². The Hall–Kier alpha value is -0.440. The highest BCUT2D eigenvalue weighted by atomic mass is 35.5. The standard InChI is InChI=1S/C16H23Cl2NO/c1-3-16(4-2)5-7-19(8-6-16)11-12-9-13(17)10-14(18)15(12)20/h9-10,20H,3-8,11H2,1-2H3. The fourth-order valence-corrected chi connectivity index (χ4v) is 3.66. The number of piperidine rings is 1. The Labute approximate surface area is 131 Å². The highest BCUT2D eigenvalue weighted by Crippen LogP contribution is 2.39. The van der Waals surface area contributed by atoms with Crippen LogP contribution >= 0.6 is 23.2 Å². The average Bonchev–Trinajstić information content (AvgIpc) is 2.45. The van der Waals surface area contributed by atoms with Crippen molar-refractivity contribution in [1.82, 2.24) is 4.90 Å². The van der Waals surface area contributed by atoms with Crippen molar-refractivity contribution in [2.75, 3.05) is 13.1 Å². The quantitative estimate of drug-likeness (QED) is 0.835. The second kappa shape index (κ2) is 6.55. The smallest absolute Gasteiger partial charge is 0.138 e. The molecule has 1 heterocycles. The first kappa shape index (κ1) is 15.9. The molecule has 1 aliphatic heterocycles. The topological polar surface area (TPSA) is 23.5 Å². The molecule has 0 unspecified atom stereocenters. The molecule has 2 rings (SSSR count). The SMILES string of the molecule is CCC1(CC)CCN(Cc2cc(Cl)cc(Cl)c2O)CC1. The number of hydrogen-bond acceptors (Lipinski definition) is 2. The number of benzene rings is 1. The van der Waals surface area contributed by atoms with Gasteiger partial charge in [-0.3, -0.25) is 4.90 Å². The van der Waals surface area contributed by atoms with Crippen LogP contribution in [0.5, 0.6) is 5.75 Å². The molecule has 0 bridgehead atoms. The van der Waals surface area contributed by atoms with Crippen molar-refractivity contribution in [3.63, 3.8) is 0 Å². The van der Waals surface area contributed by atoms with Crippen molar-refractivity contribution in [3.8, 4) is 5.75 Å². The molecular formula is C16H23Cl2NO. The van der Waals surface area contributed by atoms with Gasteiger partial charge in [0.05, 0.1) is 5.02 Å². The van der Waals surface area contributed by atoms with Gasteiger partial charge in [-0.1, -0.05) is 49.9 Å². The molecule has 4 heteroatoms. The minimum Gasteiger partial charge on any atom is -0.506 e. The van der Waals surface area contributed by atoms with Gasteiger partial charge in [0.1, 0.15) is 5.75 Å². The van der Waals surface area contributed by atoms with Crippen molar-refractivity contribution in [3.05, 3.63) is 27.7 Å². The van der Waals surface area contributed by atoms with Gasteiger partial charge in [-0.15, -0.1) is 0 Å². The monoisotopic (exact) mass is 315 g/mol. The van der Waals surface area contributed by atoms with E-state index in [9.17, 15) is 5.11 Å². The maximum Gasteiger partial charge on any atom is 0.138 e. The van der Waals surface area contributed by atoms with Crippen molar-refractivity contribution >= 4 is 23.2 Å². The van der Waals surface area contributed by atoms with Crippen molar-refractivity contribution in [2.45, 2.75) is 46.1 Å². The van der Waals surface area contributed by atoms with E-state index in [4.69, 9.17) is 23.2 Å². The number of rotatable bonds is 4. The van der Waals surface area contributed by atoms with Crippen molar-refractivity contribution < 1.29 is 5.11 Å². The maximum atomic E-state index is 10.0. The summed E-state index contributed by atoms with van der Waals surface area (Å²) in [6.07, 6.45) is 4.97. The Bertz CT molecular complexity index is 462. The molecule has 0 amide bonds. The van der Waals surface area contributed by atoms with Gasteiger partial charge in [0.2, 0.25) is 0 Å². The van der Waals surface area contributed by atoms with Gasteiger partial charge in [0.15, 0.2) is 0 Å². The molecule has 0 atom stereocenters. The number of phenols is 1. The Morgan fingerprint density at radius 2 is 1.75 bits per heavy atom. The fraction of sp³-hybridized carbons (Fsp3) is 0.625. The highest BCUT2D eigenvalue weighted by molar-refractivity contribution is 6.35. The summed E-state index contributed by atoms with van der Waals surface area (Å²) in [6.45, 7) is 7.45. The maximum absolute atomic E-state index is 10.0. The lowest BCUT2D eigenvalue weighted by atomic mass is 9.74. The van der Waals surface area contributed by atoms with Crippen LogP contribution in [0.4, 0.5) is 0 Å². The van der Waals surface area contributed by atoms with Gasteiger partial charge < -0.3 is 5.11 Å². The van der Waals surface area contributed by atoms with Crippen LogP contribution < -0.4 is 0 Å². The molecule has 0 aromatic heterocycles. The van der Waals surface area contributed by atoms with E-state index in [-0.39, 0.29) is 5.75 Å². The Morgan fingerprint density at radius 3 is 2.30 bits per heavy atom. The van der Waals surface area contributed by atoms with E-state index in [2.05, 4.69) is 18.7 Å². The molecule has 0 saturated carbocycles. The van der Waals surface area contributed by atoms with E-state index in [0.717, 1.165) is 25.2 Å². The number of phenolic OH excluding ortho intramolecular Hbond substituents is 1. The van der Waals surface area contributed by atoms with Gasteiger partial charge in [-0.25, -0.2) is 0 Å². The normalized spacial score (nSPS) is 19.2. The molecule has 1 aliphatic rings. The van der Waals surface area contributed by atoms with Gasteiger partial charge in [0, 0.05) is 17.1 Å². The fourth-order valence-electron chi connectivity index (χ4n) is 3.12. The Balaban J connectivity index is 2.03. The second-order valence-electron chi connectivity index (χ2n) is 5.88. The van der Waals surface area contributed by atoms with Gasteiger partial charge in [-0.2, -0.15) is 0 Å². The average molecular weight is 316 g/mol. The molecule has 1 aromatic rings. The summed E-state index contributed by atoms with van der Waals surface area (Å²) in [5.41, 5.74) is 1.34. The van der Waals surface area contributed by atoms with E-state index in [0.29, 0.717) is 15.5 Å². The number of halogens is 2. The summed E-state index contributed by atoms with van der Waals surface area (Å²) in [5, 5.41) is 10.9. The number of nitrogens with zero attached hydrogens (tertiary/aromatic N) is 1. The van der Waals surface area contributed by atoms with E-state index >= 15 is 0 Å². The Morgan fingerprint density at radius 1 is 1.15 bits per heavy atom. The molecule has 1 fully saturated rings. The zero-order valence-electron chi connectivity index (χ0n) is 12.3. The van der Waals surface area contributed by atoms with Crippen molar-refractivity contribution in [1.29, 1.82) is 0 Å². The molecule has 1 N–H and O–H groups in total. The van der Waals surface area contributed by atoms with Crippen LogP contribution in [0, 0.1) is 5.41 Å². The van der Waals surface area contributed by atoms with Crippen LogP contribution in [0.1, 0.15) is 45.1 Å². The number of aromatic hydroxyl groups is 1. The summed E-state index contributed by atoms with van der Waals surface area (Å²) < 4.78 is 0. The van der Waals surface area contributed by atoms with Gasteiger partial charge >= 0.3 is 0 Å². The predicted octanol–water partition coefficient (Wildman–Crippen LogP) is 5.10. The van der Waals surface area contributed by atoms with Crippen LogP contribution in [0.2, 0.25) is 10.0 Å². The summed E-state index contributed by atoms with van der Waals surface area (Å²) in [6, 6.07) is 3.39. The van der Waals surface area contributed by atoms with Crippen LogP contribution in [-0.4, -0.2) is 23.1 Å². The number of hydrogen-bond donors (Lipinski definition) is 1. The van der Waals surface area contributed by atoms with Crippen molar-refractivity contribution in [2.24, 2.45) is 5.41 Å². The summed E-state index contributed by atoms with van der Waals surface area (Å²) >= 11 is 12.0. The molecule has 112 valence electrons. The van der Waals surface area contributed by atoms with Gasteiger partial charge in [0.25, 0.3) is 0 Å². The third kappa shape index (κ3) is 3.41. The second-order valence-corrected chi connectivity index (χ2v) is 6.72. The van der Waals surface area contributed by atoms with E-state index in [1.54, 1.807) is 6.07 Å². The lowest BCUT2D eigenvalue weighted by molar-refractivity contribution is 0.0904. The lowest BCUT2D eigenvalue weighted by Crippen LogP contribution is -2.39. The van der Waals surface area contributed by atoms with E-state index in [1.165, 1.54) is 25.7 Å². The first-order chi connectivity index (χ1) is 9.49. The van der Waals surface area contributed by atoms with Crippen LogP contribution in [0.3, 0.4) is 0 Å². The third-order valence-corrected chi connectivity index (χ3v) is 5.42. The minimum atomic E-state index is 0.166. The molecule has 1 saturated heterocycles. The molecule has 0 radical (unpaired) electrons. The highest BCUT2D eigenvalue weighted by Gasteiger charge is 2.31. The molecular weight excluding hydrogens is 293 g/mol. The minimum absolute atomic E-state index is 0.166. The molecule has 1 aromatic carbocycles. The summed E-state index contributed by atoms with van der Waals surface area (Å²) in [7, 11) is 0. The summed E-state index contributed by atoms with van der Waals surface area (Å²) in [4.78, 5) is 2.38. The van der Waals surface area contributed by atoms with Crippen LogP contribution in [0.15, 0.2) is 12.1 Å². The molecule has 20 heavy (non-hydrogen) atoms. The number of likely N-dealkylation sites (tertiary alicyclic amines) is 1. The Kier molecular flexibility index (Phi) is 5.22. The zero-order chi connectivity index (χ0) is 14.8.